The molecule has 0 N–H and O–H groups in total. The Morgan fingerprint density at radius 2 is 1.17 bits per heavy atom. The molecule has 1 fully saturated rings. The third kappa shape index (κ3) is 15.5. The number of piperidine rings is 1. The van der Waals surface area contributed by atoms with Gasteiger partial charge < -0.3 is 0 Å². The van der Waals surface area contributed by atoms with Gasteiger partial charge in [-0.15, -0.1) is 0 Å². The minimum atomic E-state index is -0.775. The number of benzene rings is 3. The van der Waals surface area contributed by atoms with E-state index in [1.165, 1.54) is 67.7 Å². The molecule has 1 aliphatic heterocycles. The normalized spacial score (nSPS) is 13.0. The molecule has 0 saturated carbocycles. The molecule has 0 unspecified atom stereocenters. The third-order valence-corrected chi connectivity index (χ3v) is 6.67. The lowest BCUT2D eigenvalue weighted by Crippen LogP contribution is -2.29. The fraction of sp³-hybridized carbons (Fsp3) is 0.514. The lowest BCUT2D eigenvalue weighted by atomic mass is 10.0. The van der Waals surface area contributed by atoms with Crippen LogP contribution in [0.2, 0.25) is 0 Å². The topological polar surface area (TPSA) is 3.24 Å². The SMILES string of the molecule is C.C.CC(C)Cc1cc(F)cc(F)c1.CC(C)Cc1ccc(F)c(F)c1.CC(C)c1cccc(CN2CCCCC2)c1. The molecule has 42 heavy (non-hydrogen) atoms. The van der Waals surface area contributed by atoms with Crippen LogP contribution in [0.15, 0.2) is 60.7 Å². The predicted molar refractivity (Wildman–Crippen MR) is 173 cm³/mol. The van der Waals surface area contributed by atoms with E-state index in [0.29, 0.717) is 24.2 Å². The van der Waals surface area contributed by atoms with Gasteiger partial charge >= 0.3 is 0 Å². The van der Waals surface area contributed by atoms with Crippen molar-refractivity contribution in [2.24, 2.45) is 11.8 Å². The summed E-state index contributed by atoms with van der Waals surface area (Å²) < 4.78 is 50.4. The molecule has 3 aromatic carbocycles. The minimum absolute atomic E-state index is 0. The highest BCUT2D eigenvalue weighted by Gasteiger charge is 2.11. The summed E-state index contributed by atoms with van der Waals surface area (Å²) >= 11 is 0. The molecule has 0 bridgehead atoms. The maximum absolute atomic E-state index is 12.7. The maximum Gasteiger partial charge on any atom is 0.159 e. The van der Waals surface area contributed by atoms with Crippen molar-refractivity contribution in [3.8, 4) is 0 Å². The van der Waals surface area contributed by atoms with Crippen LogP contribution in [-0.2, 0) is 19.4 Å². The van der Waals surface area contributed by atoms with Crippen LogP contribution in [-0.4, -0.2) is 18.0 Å². The summed E-state index contributed by atoms with van der Waals surface area (Å²) in [6, 6.07) is 16.8. The van der Waals surface area contributed by atoms with E-state index in [-0.39, 0.29) is 14.9 Å². The van der Waals surface area contributed by atoms with Crippen LogP contribution in [0.3, 0.4) is 0 Å². The Kier molecular flexibility index (Phi) is 19.0. The van der Waals surface area contributed by atoms with Crippen molar-refractivity contribution >= 4 is 0 Å². The van der Waals surface area contributed by atoms with Gasteiger partial charge in [0.25, 0.3) is 0 Å². The third-order valence-electron chi connectivity index (χ3n) is 6.67. The van der Waals surface area contributed by atoms with E-state index in [1.807, 2.05) is 27.7 Å². The van der Waals surface area contributed by atoms with Crippen molar-refractivity contribution in [1.29, 1.82) is 0 Å². The lowest BCUT2D eigenvalue weighted by Gasteiger charge is -2.26. The molecule has 1 aliphatic rings. The molecule has 0 aliphatic carbocycles. The molecule has 5 heteroatoms. The van der Waals surface area contributed by atoms with E-state index in [0.717, 1.165) is 30.2 Å². The van der Waals surface area contributed by atoms with Gasteiger partial charge in [0.1, 0.15) is 11.6 Å². The summed E-state index contributed by atoms with van der Waals surface area (Å²) in [5, 5.41) is 0. The highest BCUT2D eigenvalue weighted by atomic mass is 19.2. The zero-order chi connectivity index (χ0) is 29.7. The summed E-state index contributed by atoms with van der Waals surface area (Å²) in [6.45, 7) is 16.4. The largest absolute Gasteiger partial charge is 0.299 e. The first-order chi connectivity index (χ1) is 18.9. The summed E-state index contributed by atoms with van der Waals surface area (Å²) in [7, 11) is 0. The predicted octanol–water partition coefficient (Wildman–Crippen LogP) is 11.4. The molecule has 1 nitrogen and oxygen atoms in total. The standard InChI is InChI=1S/C15H23N.2C10H12F2.2CH4/c1-13(2)15-8-6-7-14(11-15)12-16-9-4-3-5-10-16;1-7(2)3-8-4-9(11)6-10(12)5-8;1-7(2)5-8-3-4-9(11)10(12)6-8;;/h6-8,11,13H,3-5,9-10,12H2,1-2H3;4-7H,3H2,1-2H3;3-4,6-7H,5H2,1-2H3;2*1H4. The zero-order valence-corrected chi connectivity index (χ0v) is 25.1. The summed E-state index contributed by atoms with van der Waals surface area (Å²) in [5.74, 6) is -0.991. The Hall–Kier alpha value is -2.66. The van der Waals surface area contributed by atoms with Gasteiger partial charge in [-0.3, -0.25) is 4.90 Å². The molecule has 3 aromatic rings. The Labute approximate surface area is 254 Å². The first kappa shape index (κ1) is 39.3. The molecule has 0 spiro atoms. The van der Waals surface area contributed by atoms with Crippen molar-refractivity contribution in [2.75, 3.05) is 13.1 Å². The van der Waals surface area contributed by atoms with Crippen LogP contribution in [0.5, 0.6) is 0 Å². The molecular formula is C37H55F4N. The average molecular weight is 590 g/mol. The molecule has 0 radical (unpaired) electrons. The van der Waals surface area contributed by atoms with E-state index in [9.17, 15) is 17.6 Å². The fourth-order valence-corrected chi connectivity index (χ4v) is 4.76. The zero-order valence-electron chi connectivity index (χ0n) is 25.1. The minimum Gasteiger partial charge on any atom is -0.299 e. The Bertz CT molecular complexity index is 1130. The van der Waals surface area contributed by atoms with Gasteiger partial charge in [-0.1, -0.05) is 93.1 Å². The molecule has 236 valence electrons. The second-order valence-corrected chi connectivity index (χ2v) is 12.0. The monoisotopic (exact) mass is 589 g/mol. The van der Waals surface area contributed by atoms with E-state index >= 15 is 0 Å². The van der Waals surface area contributed by atoms with Gasteiger partial charge in [0, 0.05) is 12.6 Å². The van der Waals surface area contributed by atoms with Gasteiger partial charge in [0.2, 0.25) is 0 Å². The molecule has 1 saturated heterocycles. The molecule has 4 rings (SSSR count). The maximum atomic E-state index is 12.7. The van der Waals surface area contributed by atoms with Crippen molar-refractivity contribution in [3.63, 3.8) is 0 Å². The van der Waals surface area contributed by atoms with Gasteiger partial charge in [0.05, 0.1) is 0 Å². The van der Waals surface area contributed by atoms with Crippen molar-refractivity contribution in [1.82, 2.24) is 4.90 Å². The van der Waals surface area contributed by atoms with Crippen molar-refractivity contribution < 1.29 is 17.6 Å². The van der Waals surface area contributed by atoms with Gasteiger partial charge in [0.15, 0.2) is 11.6 Å². The average Bonchev–Trinajstić information content (AvgIpc) is 2.86. The van der Waals surface area contributed by atoms with E-state index in [2.05, 4.69) is 43.0 Å². The summed E-state index contributed by atoms with van der Waals surface area (Å²) in [6.07, 6.45) is 5.68. The van der Waals surface area contributed by atoms with Gasteiger partial charge in [-0.05, 0) is 103 Å². The van der Waals surface area contributed by atoms with E-state index in [4.69, 9.17) is 0 Å². The molecular weight excluding hydrogens is 534 g/mol. The van der Waals surface area contributed by atoms with Gasteiger partial charge in [-0.2, -0.15) is 0 Å². The number of hydrogen-bond donors (Lipinski definition) is 0. The fourth-order valence-electron chi connectivity index (χ4n) is 4.76. The lowest BCUT2D eigenvalue weighted by molar-refractivity contribution is 0.221. The highest BCUT2D eigenvalue weighted by Crippen LogP contribution is 2.18. The second-order valence-electron chi connectivity index (χ2n) is 12.0. The quantitative estimate of drug-likeness (QED) is 0.248. The van der Waals surface area contributed by atoms with Crippen LogP contribution in [0, 0.1) is 35.1 Å². The van der Waals surface area contributed by atoms with Crippen molar-refractivity contribution in [3.05, 3.63) is 106 Å². The number of nitrogens with zero attached hydrogens (tertiary/aromatic N) is 1. The Balaban J connectivity index is 0.000000596. The number of hydrogen-bond acceptors (Lipinski definition) is 1. The van der Waals surface area contributed by atoms with Crippen molar-refractivity contribution in [2.45, 2.75) is 101 Å². The van der Waals surface area contributed by atoms with Crippen LogP contribution >= 0.6 is 0 Å². The molecule has 0 atom stereocenters. The Morgan fingerprint density at radius 1 is 0.595 bits per heavy atom. The summed E-state index contributed by atoms with van der Waals surface area (Å²) in [5.41, 5.74) is 4.52. The Morgan fingerprint density at radius 3 is 1.69 bits per heavy atom. The first-order valence-electron chi connectivity index (χ1n) is 14.6. The highest BCUT2D eigenvalue weighted by molar-refractivity contribution is 5.25. The van der Waals surface area contributed by atoms with Gasteiger partial charge in [-0.25, -0.2) is 17.6 Å². The smallest absolute Gasteiger partial charge is 0.159 e. The molecule has 0 amide bonds. The first-order valence-corrected chi connectivity index (χ1v) is 14.6. The van der Waals surface area contributed by atoms with Crippen LogP contribution in [0.4, 0.5) is 17.6 Å². The summed E-state index contributed by atoms with van der Waals surface area (Å²) in [4.78, 5) is 2.59. The molecule has 0 aromatic heterocycles. The van der Waals surface area contributed by atoms with E-state index < -0.39 is 23.3 Å². The second kappa shape index (κ2) is 20.3. The molecule has 1 heterocycles. The van der Waals surface area contributed by atoms with Crippen LogP contribution in [0.25, 0.3) is 0 Å². The van der Waals surface area contributed by atoms with Crippen LogP contribution < -0.4 is 0 Å². The number of rotatable bonds is 7. The number of likely N-dealkylation sites (tertiary alicyclic amines) is 1. The number of halogens is 4. The van der Waals surface area contributed by atoms with E-state index in [1.54, 1.807) is 6.07 Å². The van der Waals surface area contributed by atoms with Crippen LogP contribution in [0.1, 0.15) is 104 Å².